The maximum atomic E-state index is 12.3. The Bertz CT molecular complexity index is 678. The third kappa shape index (κ3) is 4.28. The Morgan fingerprint density at radius 1 is 1.04 bits per heavy atom. The van der Waals surface area contributed by atoms with Crippen LogP contribution >= 0.6 is 22.6 Å². The fourth-order valence-electron chi connectivity index (χ4n) is 2.18. The third-order valence-corrected chi connectivity index (χ3v) is 4.18. The number of hydrogen-bond donors (Lipinski definition) is 1. The summed E-state index contributed by atoms with van der Waals surface area (Å²) in [5, 5.41) is 2.90. The number of halogens is 1. The molecule has 0 atom stereocenters. The second kappa shape index (κ2) is 8.05. The molecule has 0 unspecified atom stereocenters. The minimum Gasteiger partial charge on any atom is -0.493 e. The van der Waals surface area contributed by atoms with Gasteiger partial charge < -0.3 is 19.5 Å². The first-order valence-electron chi connectivity index (χ1n) is 6.92. The lowest BCUT2D eigenvalue weighted by Gasteiger charge is -2.14. The highest BCUT2D eigenvalue weighted by Gasteiger charge is 2.15. The average molecular weight is 427 g/mol. The van der Waals surface area contributed by atoms with Gasteiger partial charge in [0, 0.05) is 3.57 Å². The highest BCUT2D eigenvalue weighted by molar-refractivity contribution is 14.1. The van der Waals surface area contributed by atoms with Gasteiger partial charge in [-0.2, -0.15) is 0 Å². The predicted octanol–water partition coefficient (Wildman–Crippen LogP) is 3.50. The Labute approximate surface area is 149 Å². The molecule has 0 aromatic heterocycles. The highest BCUT2D eigenvalue weighted by atomic mass is 127. The van der Waals surface area contributed by atoms with E-state index in [-0.39, 0.29) is 12.3 Å². The zero-order valence-electron chi connectivity index (χ0n) is 13.2. The Morgan fingerprint density at radius 2 is 1.65 bits per heavy atom. The molecule has 1 N–H and O–H groups in total. The molecule has 0 fully saturated rings. The van der Waals surface area contributed by atoms with Crippen LogP contribution in [0.4, 0.5) is 5.69 Å². The van der Waals surface area contributed by atoms with Gasteiger partial charge in [0.15, 0.2) is 11.5 Å². The fraction of sp³-hybridized carbons (Fsp3) is 0.235. The normalized spacial score (nSPS) is 10.1. The van der Waals surface area contributed by atoms with Gasteiger partial charge >= 0.3 is 0 Å². The van der Waals surface area contributed by atoms with Gasteiger partial charge in [-0.25, -0.2) is 0 Å². The molecule has 0 spiro atoms. The molecular formula is C17H18INO4. The molecule has 0 heterocycles. The fourth-order valence-corrected chi connectivity index (χ4v) is 2.70. The van der Waals surface area contributed by atoms with Crippen LogP contribution in [0, 0.1) is 3.57 Å². The number of benzene rings is 2. The van der Waals surface area contributed by atoms with Gasteiger partial charge in [-0.05, 0) is 52.4 Å². The summed E-state index contributed by atoms with van der Waals surface area (Å²) in [4.78, 5) is 12.3. The van der Waals surface area contributed by atoms with Gasteiger partial charge in [-0.15, -0.1) is 0 Å². The summed E-state index contributed by atoms with van der Waals surface area (Å²) in [6.07, 6.45) is 0.210. The van der Waals surface area contributed by atoms with Crippen LogP contribution in [0.2, 0.25) is 0 Å². The number of hydrogen-bond acceptors (Lipinski definition) is 4. The van der Waals surface area contributed by atoms with Gasteiger partial charge in [0.1, 0.15) is 0 Å². The zero-order valence-corrected chi connectivity index (χ0v) is 15.3. The van der Waals surface area contributed by atoms with Crippen molar-refractivity contribution in [3.63, 3.8) is 0 Å². The first-order valence-corrected chi connectivity index (χ1v) is 8.00. The molecule has 0 bridgehead atoms. The van der Waals surface area contributed by atoms with Gasteiger partial charge in [0.2, 0.25) is 11.7 Å². The van der Waals surface area contributed by atoms with E-state index in [1.807, 2.05) is 24.3 Å². The van der Waals surface area contributed by atoms with Crippen molar-refractivity contribution in [1.82, 2.24) is 0 Å². The van der Waals surface area contributed by atoms with E-state index >= 15 is 0 Å². The molecule has 2 aromatic carbocycles. The summed E-state index contributed by atoms with van der Waals surface area (Å²) in [5.41, 5.74) is 1.58. The van der Waals surface area contributed by atoms with E-state index in [4.69, 9.17) is 14.2 Å². The highest BCUT2D eigenvalue weighted by Crippen LogP contribution is 2.38. The minimum absolute atomic E-state index is 0.108. The van der Waals surface area contributed by atoms with Crippen LogP contribution in [-0.2, 0) is 11.2 Å². The van der Waals surface area contributed by atoms with Gasteiger partial charge in [0.25, 0.3) is 0 Å². The molecule has 2 rings (SSSR count). The van der Waals surface area contributed by atoms with Gasteiger partial charge in [0.05, 0.1) is 33.4 Å². The summed E-state index contributed by atoms with van der Waals surface area (Å²) in [6, 6.07) is 11.2. The first kappa shape index (κ1) is 17.4. The van der Waals surface area contributed by atoms with Crippen molar-refractivity contribution in [2.45, 2.75) is 6.42 Å². The molecule has 1 amide bonds. The zero-order chi connectivity index (χ0) is 16.8. The number of para-hydroxylation sites is 1. The summed E-state index contributed by atoms with van der Waals surface area (Å²) in [6.45, 7) is 0. The molecule has 23 heavy (non-hydrogen) atoms. The second-order valence-electron chi connectivity index (χ2n) is 4.74. The maximum absolute atomic E-state index is 12.3. The molecule has 0 radical (unpaired) electrons. The van der Waals surface area contributed by atoms with E-state index in [1.165, 1.54) is 0 Å². The molecule has 6 heteroatoms. The van der Waals surface area contributed by atoms with E-state index in [9.17, 15) is 4.79 Å². The number of amides is 1. The summed E-state index contributed by atoms with van der Waals surface area (Å²) in [7, 11) is 4.64. The largest absolute Gasteiger partial charge is 0.493 e. The van der Waals surface area contributed by atoms with Crippen molar-refractivity contribution < 1.29 is 19.0 Å². The van der Waals surface area contributed by atoms with E-state index < -0.39 is 0 Å². The first-order chi connectivity index (χ1) is 11.1. The molecule has 0 saturated carbocycles. The lowest BCUT2D eigenvalue weighted by atomic mass is 10.1. The van der Waals surface area contributed by atoms with E-state index in [1.54, 1.807) is 33.5 Å². The number of rotatable bonds is 6. The predicted molar refractivity (Wildman–Crippen MR) is 97.6 cm³/mol. The van der Waals surface area contributed by atoms with Crippen LogP contribution in [0.15, 0.2) is 36.4 Å². The van der Waals surface area contributed by atoms with Crippen LogP contribution in [0.5, 0.6) is 17.2 Å². The van der Waals surface area contributed by atoms with Crippen molar-refractivity contribution >= 4 is 34.2 Å². The smallest absolute Gasteiger partial charge is 0.228 e. The lowest BCUT2D eigenvalue weighted by molar-refractivity contribution is -0.115. The molecule has 0 aliphatic rings. The van der Waals surface area contributed by atoms with Gasteiger partial charge in [-0.1, -0.05) is 12.1 Å². The van der Waals surface area contributed by atoms with E-state index in [2.05, 4.69) is 27.9 Å². The van der Waals surface area contributed by atoms with Crippen molar-refractivity contribution in [2.24, 2.45) is 0 Å². The molecule has 0 aliphatic carbocycles. The van der Waals surface area contributed by atoms with Crippen LogP contribution in [0.25, 0.3) is 0 Å². The molecule has 0 saturated heterocycles. The van der Waals surface area contributed by atoms with Crippen molar-refractivity contribution in [3.8, 4) is 17.2 Å². The van der Waals surface area contributed by atoms with E-state index in [0.29, 0.717) is 17.2 Å². The summed E-state index contributed by atoms with van der Waals surface area (Å²) in [5.74, 6) is 1.47. The van der Waals surface area contributed by atoms with Crippen LogP contribution in [-0.4, -0.2) is 27.2 Å². The molecule has 5 nitrogen and oxygen atoms in total. The minimum atomic E-state index is -0.108. The van der Waals surface area contributed by atoms with Crippen molar-refractivity contribution in [2.75, 3.05) is 26.6 Å². The second-order valence-corrected chi connectivity index (χ2v) is 5.90. The third-order valence-electron chi connectivity index (χ3n) is 3.24. The number of carbonyl (C=O) groups excluding carboxylic acids is 1. The standard InChI is InChI=1S/C17H18INO4/c1-21-14-8-11(9-15(22-2)17(14)23-3)10-16(20)19-13-7-5-4-6-12(13)18/h4-9H,10H2,1-3H3,(H,19,20). The Morgan fingerprint density at radius 3 is 2.17 bits per heavy atom. The van der Waals surface area contributed by atoms with Crippen LogP contribution < -0.4 is 19.5 Å². The quantitative estimate of drug-likeness (QED) is 0.718. The molecular weight excluding hydrogens is 409 g/mol. The SMILES string of the molecule is COc1cc(CC(=O)Nc2ccccc2I)cc(OC)c1OC. The topological polar surface area (TPSA) is 56.8 Å². The Balaban J connectivity index is 2.19. The number of methoxy groups -OCH3 is 3. The van der Waals surface area contributed by atoms with Crippen molar-refractivity contribution in [3.05, 3.63) is 45.5 Å². The Hall–Kier alpha value is -1.96. The number of anilines is 1. The molecule has 122 valence electrons. The van der Waals surface area contributed by atoms with E-state index in [0.717, 1.165) is 14.8 Å². The summed E-state index contributed by atoms with van der Waals surface area (Å²) >= 11 is 2.19. The van der Waals surface area contributed by atoms with Crippen LogP contribution in [0.3, 0.4) is 0 Å². The Kier molecular flexibility index (Phi) is 6.09. The number of nitrogens with one attached hydrogen (secondary N) is 1. The van der Waals surface area contributed by atoms with Gasteiger partial charge in [-0.3, -0.25) is 4.79 Å². The average Bonchev–Trinajstić information content (AvgIpc) is 2.55. The summed E-state index contributed by atoms with van der Waals surface area (Å²) < 4.78 is 16.9. The van der Waals surface area contributed by atoms with Crippen molar-refractivity contribution in [1.29, 1.82) is 0 Å². The number of carbonyl (C=O) groups is 1. The lowest BCUT2D eigenvalue weighted by Crippen LogP contribution is -2.15. The monoisotopic (exact) mass is 427 g/mol. The molecule has 0 aliphatic heterocycles. The van der Waals surface area contributed by atoms with Crippen LogP contribution in [0.1, 0.15) is 5.56 Å². The number of ether oxygens (including phenoxy) is 3. The molecule has 2 aromatic rings. The maximum Gasteiger partial charge on any atom is 0.228 e.